The summed E-state index contributed by atoms with van der Waals surface area (Å²) in [5.74, 6) is -0.364. The van der Waals surface area contributed by atoms with E-state index in [1.807, 2.05) is 31.2 Å². The van der Waals surface area contributed by atoms with Gasteiger partial charge in [-0.25, -0.2) is 4.68 Å². The molecule has 0 bridgehead atoms. The molecule has 5 nitrogen and oxygen atoms in total. The number of alkyl halides is 3. The quantitative estimate of drug-likeness (QED) is 0.768. The van der Waals surface area contributed by atoms with Crippen molar-refractivity contribution in [3.63, 3.8) is 0 Å². The van der Waals surface area contributed by atoms with E-state index in [2.05, 4.69) is 15.4 Å². The van der Waals surface area contributed by atoms with Gasteiger partial charge in [-0.3, -0.25) is 9.78 Å². The Labute approximate surface area is 147 Å². The van der Waals surface area contributed by atoms with Gasteiger partial charge in [-0.2, -0.15) is 18.3 Å². The number of amides is 1. The summed E-state index contributed by atoms with van der Waals surface area (Å²) in [5.41, 5.74) is 0.860. The first kappa shape index (κ1) is 17.7. The highest BCUT2D eigenvalue weighted by atomic mass is 19.4. The second kappa shape index (κ2) is 6.99. The van der Waals surface area contributed by atoms with Crippen LogP contribution >= 0.6 is 0 Å². The van der Waals surface area contributed by atoms with Crippen LogP contribution in [0, 0.1) is 6.92 Å². The van der Waals surface area contributed by atoms with E-state index in [4.69, 9.17) is 0 Å². The van der Waals surface area contributed by atoms with Crippen molar-refractivity contribution >= 4 is 11.7 Å². The molecule has 8 heteroatoms. The van der Waals surface area contributed by atoms with E-state index in [-0.39, 0.29) is 5.69 Å². The van der Waals surface area contributed by atoms with Crippen molar-refractivity contribution in [1.82, 2.24) is 14.8 Å². The van der Waals surface area contributed by atoms with Gasteiger partial charge in [-0.1, -0.05) is 29.8 Å². The van der Waals surface area contributed by atoms with Gasteiger partial charge in [0.1, 0.15) is 11.5 Å². The van der Waals surface area contributed by atoms with Crippen LogP contribution in [0.1, 0.15) is 27.2 Å². The van der Waals surface area contributed by atoms with E-state index in [1.165, 1.54) is 6.20 Å². The number of carbonyl (C=O) groups is 1. The molecule has 0 unspecified atom stereocenters. The van der Waals surface area contributed by atoms with Crippen LogP contribution in [0.2, 0.25) is 0 Å². The lowest BCUT2D eigenvalue weighted by Gasteiger charge is -2.10. The van der Waals surface area contributed by atoms with E-state index in [1.54, 1.807) is 10.7 Å². The molecule has 0 saturated carbocycles. The Kier molecular flexibility index (Phi) is 4.75. The average Bonchev–Trinajstić information content (AvgIpc) is 3.03. The third-order valence-corrected chi connectivity index (χ3v) is 3.73. The molecule has 26 heavy (non-hydrogen) atoms. The number of aryl methyl sites for hydroxylation is 1. The number of halogens is 3. The largest absolute Gasteiger partial charge is 0.416 e. The average molecular weight is 360 g/mol. The number of pyridine rings is 1. The first-order valence-electron chi connectivity index (χ1n) is 7.75. The molecule has 0 atom stereocenters. The summed E-state index contributed by atoms with van der Waals surface area (Å²) in [4.78, 5) is 16.0. The number of hydrogen-bond donors (Lipinski definition) is 1. The number of carbonyl (C=O) groups excluding carboxylic acids is 1. The number of benzene rings is 1. The molecule has 0 radical (unpaired) electrons. The zero-order valence-corrected chi connectivity index (χ0v) is 13.8. The normalized spacial score (nSPS) is 11.4. The number of rotatable bonds is 4. The van der Waals surface area contributed by atoms with Gasteiger partial charge in [-0.15, -0.1) is 0 Å². The number of nitrogens with zero attached hydrogens (tertiary/aromatic N) is 3. The minimum atomic E-state index is -4.54. The molecule has 2 heterocycles. The summed E-state index contributed by atoms with van der Waals surface area (Å²) in [7, 11) is 0. The van der Waals surface area contributed by atoms with Gasteiger partial charge in [-0.05, 0) is 24.6 Å². The topological polar surface area (TPSA) is 59.8 Å². The first-order valence-corrected chi connectivity index (χ1v) is 7.75. The van der Waals surface area contributed by atoms with Crippen LogP contribution in [0.4, 0.5) is 19.0 Å². The van der Waals surface area contributed by atoms with E-state index in [0.717, 1.165) is 29.5 Å². The minimum Gasteiger partial charge on any atom is -0.305 e. The molecule has 0 spiro atoms. The summed E-state index contributed by atoms with van der Waals surface area (Å²) in [6.45, 7) is 2.39. The lowest BCUT2D eigenvalue weighted by Crippen LogP contribution is -2.18. The van der Waals surface area contributed by atoms with Crippen LogP contribution in [0.15, 0.2) is 54.9 Å². The van der Waals surface area contributed by atoms with Gasteiger partial charge >= 0.3 is 6.18 Å². The molecule has 1 aromatic carbocycles. The van der Waals surface area contributed by atoms with E-state index in [9.17, 15) is 18.0 Å². The van der Waals surface area contributed by atoms with Crippen LogP contribution < -0.4 is 5.32 Å². The predicted molar refractivity (Wildman–Crippen MR) is 89.7 cm³/mol. The van der Waals surface area contributed by atoms with Crippen molar-refractivity contribution in [2.24, 2.45) is 0 Å². The molecule has 2 aromatic heterocycles. The fourth-order valence-electron chi connectivity index (χ4n) is 2.34. The smallest absolute Gasteiger partial charge is 0.305 e. The summed E-state index contributed by atoms with van der Waals surface area (Å²) >= 11 is 0. The van der Waals surface area contributed by atoms with Crippen LogP contribution in [0.3, 0.4) is 0 Å². The van der Waals surface area contributed by atoms with E-state index in [0.29, 0.717) is 12.4 Å². The van der Waals surface area contributed by atoms with Crippen molar-refractivity contribution in [3.8, 4) is 0 Å². The van der Waals surface area contributed by atoms with Crippen LogP contribution in [0.25, 0.3) is 0 Å². The van der Waals surface area contributed by atoms with Crippen molar-refractivity contribution in [3.05, 3.63) is 77.2 Å². The van der Waals surface area contributed by atoms with Gasteiger partial charge in [0, 0.05) is 12.3 Å². The summed E-state index contributed by atoms with van der Waals surface area (Å²) in [6.07, 6.45) is -2.07. The molecule has 0 aliphatic heterocycles. The van der Waals surface area contributed by atoms with Gasteiger partial charge in [0.25, 0.3) is 5.91 Å². The van der Waals surface area contributed by atoms with Crippen LogP contribution in [-0.4, -0.2) is 20.7 Å². The minimum absolute atomic E-state index is 0.317. The molecule has 0 fully saturated rings. The summed E-state index contributed by atoms with van der Waals surface area (Å²) in [6, 6.07) is 10.9. The fourth-order valence-corrected chi connectivity index (χ4v) is 2.34. The maximum atomic E-state index is 12.8. The molecule has 3 rings (SSSR count). The molecular weight excluding hydrogens is 345 g/mol. The van der Waals surface area contributed by atoms with E-state index >= 15 is 0 Å². The first-order chi connectivity index (χ1) is 12.3. The van der Waals surface area contributed by atoms with Crippen molar-refractivity contribution in [2.75, 3.05) is 5.32 Å². The second-order valence-corrected chi connectivity index (χ2v) is 5.74. The highest BCUT2D eigenvalue weighted by molar-refractivity contribution is 6.02. The summed E-state index contributed by atoms with van der Waals surface area (Å²) in [5, 5.41) is 6.69. The third-order valence-electron chi connectivity index (χ3n) is 3.73. The number of nitrogens with one attached hydrogen (secondary N) is 1. The van der Waals surface area contributed by atoms with Gasteiger partial charge in [0.05, 0.1) is 18.3 Å². The Hall–Kier alpha value is -3.16. The van der Waals surface area contributed by atoms with Crippen molar-refractivity contribution in [1.29, 1.82) is 0 Å². The Balaban J connectivity index is 1.77. The Bertz CT molecular complexity index is 917. The molecule has 0 aliphatic carbocycles. The highest BCUT2D eigenvalue weighted by Gasteiger charge is 2.31. The Morgan fingerprint density at radius 1 is 1.12 bits per heavy atom. The Morgan fingerprint density at radius 3 is 2.54 bits per heavy atom. The molecule has 1 N–H and O–H groups in total. The third kappa shape index (κ3) is 4.08. The SMILES string of the molecule is Cc1ccc(Cn2nccc2NC(=O)c2cc(C(F)(F)F)ccn2)cc1. The Morgan fingerprint density at radius 2 is 1.85 bits per heavy atom. The zero-order valence-electron chi connectivity index (χ0n) is 13.8. The number of hydrogen-bond acceptors (Lipinski definition) is 3. The summed E-state index contributed by atoms with van der Waals surface area (Å²) < 4.78 is 39.9. The number of anilines is 1. The number of aromatic nitrogens is 3. The maximum absolute atomic E-state index is 12.8. The lowest BCUT2D eigenvalue weighted by molar-refractivity contribution is -0.137. The van der Waals surface area contributed by atoms with Gasteiger partial charge < -0.3 is 5.32 Å². The zero-order chi connectivity index (χ0) is 18.7. The lowest BCUT2D eigenvalue weighted by atomic mass is 10.1. The molecule has 1 amide bonds. The standard InChI is InChI=1S/C18H15F3N4O/c1-12-2-4-13(5-3-12)11-25-16(7-9-23-25)24-17(26)15-10-14(6-8-22-15)18(19,20)21/h2-10H,11H2,1H3,(H,24,26). The maximum Gasteiger partial charge on any atom is 0.416 e. The van der Waals surface area contributed by atoms with Crippen LogP contribution in [-0.2, 0) is 12.7 Å². The van der Waals surface area contributed by atoms with Gasteiger partial charge in [0.15, 0.2) is 0 Å². The van der Waals surface area contributed by atoms with Crippen LogP contribution in [0.5, 0.6) is 0 Å². The highest BCUT2D eigenvalue weighted by Crippen LogP contribution is 2.29. The van der Waals surface area contributed by atoms with E-state index < -0.39 is 17.6 Å². The molecule has 134 valence electrons. The molecule has 0 saturated heterocycles. The fraction of sp³-hybridized carbons (Fsp3) is 0.167. The molecular formula is C18H15F3N4O. The van der Waals surface area contributed by atoms with Crippen molar-refractivity contribution in [2.45, 2.75) is 19.6 Å². The predicted octanol–water partition coefficient (Wildman–Crippen LogP) is 3.91. The van der Waals surface area contributed by atoms with Gasteiger partial charge in [0.2, 0.25) is 0 Å². The second-order valence-electron chi connectivity index (χ2n) is 5.74. The van der Waals surface area contributed by atoms with Crippen molar-refractivity contribution < 1.29 is 18.0 Å². The molecule has 0 aliphatic rings. The molecule has 3 aromatic rings. The monoisotopic (exact) mass is 360 g/mol.